The Kier molecular flexibility index (Phi) is 5.45. The average Bonchev–Trinajstić information content (AvgIpc) is 3.43. The van der Waals surface area contributed by atoms with Gasteiger partial charge in [0.15, 0.2) is 7.14 Å². The largest absolute Gasteiger partial charge is 0.456 e. The van der Waals surface area contributed by atoms with Crippen LogP contribution in [-0.2, 0) is 4.57 Å². The third kappa shape index (κ3) is 3.69. The number of rotatable bonds is 4. The zero-order valence-corrected chi connectivity index (χ0v) is 23.1. The molecule has 3 heteroatoms. The van der Waals surface area contributed by atoms with Crippen LogP contribution in [-0.4, -0.2) is 0 Å². The molecule has 0 aliphatic carbocycles. The first-order chi connectivity index (χ1) is 20.2. The molecule has 0 saturated heterocycles. The molecule has 0 radical (unpaired) electrons. The van der Waals surface area contributed by atoms with Crippen LogP contribution < -0.4 is 15.9 Å². The molecule has 1 aromatic heterocycles. The molecule has 0 amide bonds. The molecule has 0 aliphatic heterocycles. The molecule has 0 atom stereocenters. The van der Waals surface area contributed by atoms with Crippen LogP contribution in [0.25, 0.3) is 54.6 Å². The van der Waals surface area contributed by atoms with Gasteiger partial charge in [0, 0.05) is 26.7 Å². The van der Waals surface area contributed by atoms with E-state index in [-0.39, 0.29) is 0 Å². The van der Waals surface area contributed by atoms with E-state index in [1.54, 1.807) is 0 Å². The fraction of sp³-hybridized carbons (Fsp3) is 0. The highest BCUT2D eigenvalue weighted by atomic mass is 31.2. The summed E-state index contributed by atoms with van der Waals surface area (Å²) in [7, 11) is -3.14. The third-order valence-corrected chi connectivity index (χ3v) is 11.3. The van der Waals surface area contributed by atoms with Crippen LogP contribution >= 0.6 is 7.14 Å². The van der Waals surface area contributed by atoms with Crippen LogP contribution in [0.5, 0.6) is 0 Å². The van der Waals surface area contributed by atoms with Crippen LogP contribution in [0.1, 0.15) is 0 Å². The van der Waals surface area contributed by atoms with E-state index in [9.17, 15) is 0 Å². The zero-order chi connectivity index (χ0) is 27.4. The van der Waals surface area contributed by atoms with Crippen LogP contribution in [0.15, 0.2) is 156 Å². The van der Waals surface area contributed by atoms with Crippen molar-refractivity contribution in [2.45, 2.75) is 0 Å². The molecule has 194 valence electrons. The first-order valence-electron chi connectivity index (χ1n) is 13.8. The molecule has 0 saturated carbocycles. The maximum Gasteiger partial charge on any atom is 0.171 e. The topological polar surface area (TPSA) is 30.2 Å². The Morgan fingerprint density at radius 2 is 1.10 bits per heavy atom. The molecule has 0 spiro atoms. The molecule has 8 aromatic rings. The summed E-state index contributed by atoms with van der Waals surface area (Å²) in [5, 5.41) is 9.23. The Morgan fingerprint density at radius 3 is 1.88 bits per heavy atom. The van der Waals surface area contributed by atoms with Gasteiger partial charge in [0.05, 0.1) is 0 Å². The summed E-state index contributed by atoms with van der Waals surface area (Å²) in [5.41, 5.74) is 3.97. The molecule has 0 N–H and O–H groups in total. The van der Waals surface area contributed by atoms with Crippen LogP contribution in [0, 0.1) is 0 Å². The number of hydrogen-bond acceptors (Lipinski definition) is 2. The minimum atomic E-state index is -3.14. The Labute approximate surface area is 237 Å². The predicted molar refractivity (Wildman–Crippen MR) is 174 cm³/mol. The van der Waals surface area contributed by atoms with Crippen molar-refractivity contribution in [2.24, 2.45) is 0 Å². The quantitative estimate of drug-likeness (QED) is 0.207. The van der Waals surface area contributed by atoms with E-state index in [1.165, 1.54) is 10.8 Å². The van der Waals surface area contributed by atoms with E-state index in [2.05, 4.69) is 78.9 Å². The van der Waals surface area contributed by atoms with E-state index in [0.717, 1.165) is 59.8 Å². The maximum atomic E-state index is 15.3. The smallest absolute Gasteiger partial charge is 0.171 e. The maximum absolute atomic E-state index is 15.3. The molecule has 8 rings (SSSR count). The first-order valence-corrected chi connectivity index (χ1v) is 15.5. The van der Waals surface area contributed by atoms with Crippen molar-refractivity contribution in [1.82, 2.24) is 0 Å². The molecule has 41 heavy (non-hydrogen) atoms. The molecule has 7 aromatic carbocycles. The van der Waals surface area contributed by atoms with Gasteiger partial charge in [-0.15, -0.1) is 0 Å². The van der Waals surface area contributed by atoms with Crippen LogP contribution in [0.3, 0.4) is 0 Å². The number of benzene rings is 7. The van der Waals surface area contributed by atoms with Crippen molar-refractivity contribution >= 4 is 66.5 Å². The molecular formula is C38H25O2P. The van der Waals surface area contributed by atoms with Crippen molar-refractivity contribution in [3.05, 3.63) is 152 Å². The lowest BCUT2D eigenvalue weighted by Crippen LogP contribution is -2.25. The van der Waals surface area contributed by atoms with E-state index >= 15 is 4.57 Å². The second-order valence-electron chi connectivity index (χ2n) is 10.4. The van der Waals surface area contributed by atoms with Gasteiger partial charge in [-0.25, -0.2) is 0 Å². The van der Waals surface area contributed by atoms with Gasteiger partial charge in [-0.3, -0.25) is 0 Å². The van der Waals surface area contributed by atoms with Gasteiger partial charge in [0.2, 0.25) is 0 Å². The number of furan rings is 1. The minimum absolute atomic E-state index is 0.835. The third-order valence-electron chi connectivity index (χ3n) is 8.15. The normalized spacial score (nSPS) is 12.0. The highest BCUT2D eigenvalue weighted by molar-refractivity contribution is 7.85. The molecule has 0 aliphatic rings. The molecule has 0 bridgehead atoms. The van der Waals surface area contributed by atoms with Crippen molar-refractivity contribution < 1.29 is 8.98 Å². The lowest BCUT2D eigenvalue weighted by molar-refractivity contribution is 0.592. The first kappa shape index (κ1) is 23.9. The van der Waals surface area contributed by atoms with E-state index < -0.39 is 7.14 Å². The second kappa shape index (κ2) is 9.34. The Bertz CT molecular complexity index is 2240. The van der Waals surface area contributed by atoms with Gasteiger partial charge in [0.25, 0.3) is 0 Å². The molecule has 0 fully saturated rings. The summed E-state index contributed by atoms with van der Waals surface area (Å²) in [6, 6.07) is 51.4. The Morgan fingerprint density at radius 1 is 0.463 bits per heavy atom. The predicted octanol–water partition coefficient (Wildman–Crippen LogP) is 9.20. The van der Waals surface area contributed by atoms with Crippen molar-refractivity contribution in [1.29, 1.82) is 0 Å². The van der Waals surface area contributed by atoms with Crippen LogP contribution in [0.4, 0.5) is 0 Å². The van der Waals surface area contributed by atoms with Gasteiger partial charge >= 0.3 is 0 Å². The second-order valence-corrected chi connectivity index (χ2v) is 13.2. The van der Waals surface area contributed by atoms with Gasteiger partial charge in [-0.05, 0) is 50.9 Å². The summed E-state index contributed by atoms with van der Waals surface area (Å²) in [5.74, 6) is 0. The van der Waals surface area contributed by atoms with E-state index in [0.29, 0.717) is 0 Å². The number of hydrogen-bond donors (Lipinski definition) is 0. The van der Waals surface area contributed by atoms with Gasteiger partial charge in [-0.2, -0.15) is 0 Å². The van der Waals surface area contributed by atoms with E-state index in [4.69, 9.17) is 4.42 Å². The lowest BCUT2D eigenvalue weighted by atomic mass is 9.96. The summed E-state index contributed by atoms with van der Waals surface area (Å²) >= 11 is 0. The SMILES string of the molecule is O=P(c1ccccc1)(c1ccccc1)c1cccc2c(-c3ccc4oc5ccc6ccccc6c5c4c3)cccc12. The highest BCUT2D eigenvalue weighted by Gasteiger charge is 2.31. The lowest BCUT2D eigenvalue weighted by Gasteiger charge is -2.22. The zero-order valence-electron chi connectivity index (χ0n) is 22.2. The summed E-state index contributed by atoms with van der Waals surface area (Å²) in [4.78, 5) is 0. The van der Waals surface area contributed by atoms with Crippen LogP contribution in [0.2, 0.25) is 0 Å². The molecule has 1 heterocycles. The highest BCUT2D eigenvalue weighted by Crippen LogP contribution is 2.45. The fourth-order valence-corrected chi connectivity index (χ4v) is 9.11. The summed E-state index contributed by atoms with van der Waals surface area (Å²) < 4.78 is 21.5. The van der Waals surface area contributed by atoms with E-state index in [1.807, 2.05) is 72.8 Å². The molecule has 2 nitrogen and oxygen atoms in total. The summed E-state index contributed by atoms with van der Waals surface area (Å²) in [6.45, 7) is 0. The van der Waals surface area contributed by atoms with Crippen molar-refractivity contribution in [3.63, 3.8) is 0 Å². The Balaban J connectivity index is 1.39. The molecular weight excluding hydrogens is 519 g/mol. The van der Waals surface area contributed by atoms with Gasteiger partial charge < -0.3 is 8.98 Å². The average molecular weight is 545 g/mol. The number of fused-ring (bicyclic) bond motifs is 6. The monoisotopic (exact) mass is 544 g/mol. The van der Waals surface area contributed by atoms with Crippen molar-refractivity contribution in [2.75, 3.05) is 0 Å². The molecule has 0 unspecified atom stereocenters. The summed E-state index contributed by atoms with van der Waals surface area (Å²) in [6.07, 6.45) is 0. The van der Waals surface area contributed by atoms with Gasteiger partial charge in [-0.1, -0.05) is 133 Å². The minimum Gasteiger partial charge on any atom is -0.456 e. The van der Waals surface area contributed by atoms with Gasteiger partial charge in [0.1, 0.15) is 11.2 Å². The fourth-order valence-electron chi connectivity index (χ4n) is 6.24. The Hall–Kier alpha value is -4.91. The standard InChI is InChI=1S/C38H25O2P/c39-41(28-12-3-1-4-13-28,29-14-5-2-6-15-29)37-20-10-18-32-30(17-9-19-33(32)37)27-22-23-35-34(25-27)38-31-16-8-7-11-26(31)21-24-36(38)40-35/h1-25H. The van der Waals surface area contributed by atoms with Crippen molar-refractivity contribution in [3.8, 4) is 11.1 Å².